The number of nitrogens with zero attached hydrogens (tertiary/aromatic N) is 3. The van der Waals surface area contributed by atoms with Crippen LogP contribution in [-0.4, -0.2) is 60.0 Å². The fourth-order valence-electron chi connectivity index (χ4n) is 4.40. The molecule has 0 aliphatic carbocycles. The van der Waals surface area contributed by atoms with E-state index in [4.69, 9.17) is 4.74 Å². The van der Waals surface area contributed by atoms with Crippen LogP contribution in [0.4, 0.5) is 4.79 Å². The quantitative estimate of drug-likeness (QED) is 0.628. The van der Waals surface area contributed by atoms with E-state index in [1.54, 1.807) is 29.4 Å². The molecule has 0 bridgehead atoms. The van der Waals surface area contributed by atoms with Gasteiger partial charge in [0.25, 0.3) is 0 Å². The van der Waals surface area contributed by atoms with Crippen molar-refractivity contribution in [2.75, 3.05) is 19.6 Å². The molecule has 0 saturated carbocycles. The molecule has 30 heavy (non-hydrogen) atoms. The Morgan fingerprint density at radius 3 is 2.73 bits per heavy atom. The Kier molecular flexibility index (Phi) is 5.57. The topological polar surface area (TPSA) is 79.8 Å². The molecule has 2 aliphatic rings. The highest BCUT2D eigenvalue weighted by molar-refractivity contribution is 9.10. The average molecular weight is 496 g/mol. The number of hydrogen-bond acceptors (Lipinski definition) is 5. The van der Waals surface area contributed by atoms with Crippen LogP contribution in [0.3, 0.4) is 0 Å². The van der Waals surface area contributed by atoms with E-state index in [1.165, 1.54) is 4.31 Å². The highest BCUT2D eigenvalue weighted by atomic mass is 79.9. The molecule has 0 radical (unpaired) electrons. The number of halogens is 1. The second-order valence-electron chi connectivity index (χ2n) is 8.94. The van der Waals surface area contributed by atoms with Crippen LogP contribution < -0.4 is 0 Å². The lowest BCUT2D eigenvalue weighted by atomic mass is 9.92. The van der Waals surface area contributed by atoms with E-state index >= 15 is 0 Å². The molecule has 2 atom stereocenters. The minimum Gasteiger partial charge on any atom is -0.444 e. The summed E-state index contributed by atoms with van der Waals surface area (Å²) in [7, 11) is -3.73. The Morgan fingerprint density at radius 1 is 1.23 bits per heavy atom. The van der Waals surface area contributed by atoms with Crippen molar-refractivity contribution < 1.29 is 17.9 Å². The van der Waals surface area contributed by atoms with Crippen LogP contribution in [0.15, 0.2) is 40.0 Å². The second-order valence-corrected chi connectivity index (χ2v) is 11.7. The van der Waals surface area contributed by atoms with Gasteiger partial charge in [0.1, 0.15) is 5.60 Å². The van der Waals surface area contributed by atoms with E-state index < -0.39 is 15.6 Å². The highest BCUT2D eigenvalue weighted by Gasteiger charge is 2.46. The summed E-state index contributed by atoms with van der Waals surface area (Å²) in [5.74, 6) is 0.112. The Labute approximate surface area is 185 Å². The van der Waals surface area contributed by atoms with Crippen molar-refractivity contribution in [2.24, 2.45) is 5.92 Å². The van der Waals surface area contributed by atoms with Crippen LogP contribution in [0.5, 0.6) is 0 Å². The Morgan fingerprint density at radius 2 is 2.00 bits per heavy atom. The third-order valence-corrected chi connectivity index (χ3v) is 8.17. The van der Waals surface area contributed by atoms with Crippen molar-refractivity contribution in [3.05, 3.63) is 35.1 Å². The smallest absolute Gasteiger partial charge is 0.410 e. The SMILES string of the molecule is CC(C)(C)OC(=O)N1CCC[C@@H]2CN(S(=O)(=O)c3cccc4cncc(Br)c34)C[C@@H]21. The number of piperidine rings is 1. The zero-order chi connectivity index (χ0) is 21.7. The zero-order valence-corrected chi connectivity index (χ0v) is 19.7. The Hall–Kier alpha value is -1.71. The van der Waals surface area contributed by atoms with Crippen molar-refractivity contribution >= 4 is 42.8 Å². The molecule has 2 fully saturated rings. The van der Waals surface area contributed by atoms with E-state index in [9.17, 15) is 13.2 Å². The molecular formula is C21H26BrN3O4S. The zero-order valence-electron chi connectivity index (χ0n) is 17.3. The molecule has 0 N–H and O–H groups in total. The lowest BCUT2D eigenvalue weighted by Crippen LogP contribution is -2.50. The summed E-state index contributed by atoms with van der Waals surface area (Å²) in [4.78, 5) is 18.8. The van der Waals surface area contributed by atoms with Gasteiger partial charge in [-0.1, -0.05) is 12.1 Å². The lowest BCUT2D eigenvalue weighted by molar-refractivity contribution is 0.00643. The van der Waals surface area contributed by atoms with Crippen molar-refractivity contribution in [3.8, 4) is 0 Å². The maximum atomic E-state index is 13.6. The van der Waals surface area contributed by atoms with Crippen LogP contribution >= 0.6 is 15.9 Å². The summed E-state index contributed by atoms with van der Waals surface area (Å²) in [5, 5.41) is 1.39. The summed E-state index contributed by atoms with van der Waals surface area (Å²) < 4.78 is 34.9. The van der Waals surface area contributed by atoms with Gasteiger partial charge in [0.15, 0.2) is 0 Å². The minimum atomic E-state index is -3.73. The molecule has 1 aromatic heterocycles. The van der Waals surface area contributed by atoms with Crippen LogP contribution in [0.1, 0.15) is 33.6 Å². The number of pyridine rings is 1. The number of benzene rings is 1. The average Bonchev–Trinajstić information content (AvgIpc) is 3.11. The number of aromatic nitrogens is 1. The summed E-state index contributed by atoms with van der Waals surface area (Å²) in [6.07, 6.45) is 4.65. The van der Waals surface area contributed by atoms with Gasteiger partial charge < -0.3 is 9.64 Å². The summed E-state index contributed by atoms with van der Waals surface area (Å²) >= 11 is 3.45. The molecule has 4 rings (SSSR count). The Balaban J connectivity index is 1.64. The van der Waals surface area contributed by atoms with Crippen molar-refractivity contribution in [3.63, 3.8) is 0 Å². The van der Waals surface area contributed by atoms with Crippen LogP contribution in [-0.2, 0) is 14.8 Å². The second kappa shape index (κ2) is 7.76. The van der Waals surface area contributed by atoms with E-state index in [0.717, 1.165) is 18.2 Å². The van der Waals surface area contributed by atoms with Crippen molar-refractivity contribution in [1.29, 1.82) is 0 Å². The Bertz CT molecular complexity index is 1080. The monoisotopic (exact) mass is 495 g/mol. The molecule has 2 aliphatic heterocycles. The first-order chi connectivity index (χ1) is 14.1. The standard InChI is InChI=1S/C21H26BrN3O4S/c1-21(2,3)29-20(26)25-9-5-7-15-12-24(13-17(15)25)30(27,28)18-8-4-6-14-10-23-11-16(22)19(14)18/h4,6,8,10-11,15,17H,5,7,9,12-13H2,1-3H3/t15-,17+/m1/s1. The third-order valence-electron chi connectivity index (χ3n) is 5.69. The molecule has 9 heteroatoms. The normalized spacial score (nSPS) is 22.9. The van der Waals surface area contributed by atoms with E-state index in [2.05, 4.69) is 20.9 Å². The first kappa shape index (κ1) is 21.5. The van der Waals surface area contributed by atoms with Gasteiger partial charge in [-0.15, -0.1) is 0 Å². The van der Waals surface area contributed by atoms with Crippen LogP contribution in [0.25, 0.3) is 10.8 Å². The summed E-state index contributed by atoms with van der Waals surface area (Å²) in [6.45, 7) is 6.80. The van der Waals surface area contributed by atoms with Crippen molar-refractivity contribution in [2.45, 2.75) is 50.2 Å². The van der Waals surface area contributed by atoms with Gasteiger partial charge in [-0.25, -0.2) is 13.2 Å². The van der Waals surface area contributed by atoms with Gasteiger partial charge in [0.05, 0.1) is 10.9 Å². The minimum absolute atomic E-state index is 0.112. The molecule has 2 aromatic rings. The van der Waals surface area contributed by atoms with E-state index in [0.29, 0.717) is 22.9 Å². The number of carbonyl (C=O) groups excluding carboxylic acids is 1. The first-order valence-electron chi connectivity index (χ1n) is 10.1. The van der Waals surface area contributed by atoms with E-state index in [-0.39, 0.29) is 29.5 Å². The van der Waals surface area contributed by atoms with Gasteiger partial charge in [-0.2, -0.15) is 4.31 Å². The molecular weight excluding hydrogens is 470 g/mol. The molecule has 1 amide bonds. The van der Waals surface area contributed by atoms with Crippen LogP contribution in [0.2, 0.25) is 0 Å². The predicted octanol–water partition coefficient (Wildman–Crippen LogP) is 4.02. The molecule has 0 unspecified atom stereocenters. The number of hydrogen-bond donors (Lipinski definition) is 0. The fraction of sp³-hybridized carbons (Fsp3) is 0.524. The first-order valence-corrected chi connectivity index (χ1v) is 12.3. The van der Waals surface area contributed by atoms with E-state index in [1.807, 2.05) is 26.8 Å². The lowest BCUT2D eigenvalue weighted by Gasteiger charge is -2.37. The molecule has 0 spiro atoms. The molecule has 1 aromatic carbocycles. The number of carbonyl (C=O) groups is 1. The third kappa shape index (κ3) is 3.94. The van der Waals surface area contributed by atoms with Gasteiger partial charge in [-0.05, 0) is 61.5 Å². The maximum Gasteiger partial charge on any atom is 0.410 e. The summed E-state index contributed by atoms with van der Waals surface area (Å²) in [5.41, 5.74) is -0.586. The fourth-order valence-corrected chi connectivity index (χ4v) is 6.84. The van der Waals surface area contributed by atoms with Gasteiger partial charge >= 0.3 is 6.09 Å². The number of amides is 1. The number of likely N-dealkylation sites (tertiary alicyclic amines) is 1. The van der Waals surface area contributed by atoms with Gasteiger partial charge in [0.2, 0.25) is 10.0 Å². The molecule has 2 saturated heterocycles. The predicted molar refractivity (Wildman–Crippen MR) is 118 cm³/mol. The van der Waals surface area contributed by atoms with Crippen LogP contribution in [0, 0.1) is 5.92 Å². The van der Waals surface area contributed by atoms with Gasteiger partial charge in [0, 0.05) is 47.3 Å². The van der Waals surface area contributed by atoms with Crippen molar-refractivity contribution in [1.82, 2.24) is 14.2 Å². The molecule has 3 heterocycles. The number of fused-ring (bicyclic) bond motifs is 2. The van der Waals surface area contributed by atoms with Gasteiger partial charge in [-0.3, -0.25) is 4.98 Å². The summed E-state index contributed by atoms with van der Waals surface area (Å²) in [6, 6.07) is 5.05. The number of rotatable bonds is 2. The highest BCUT2D eigenvalue weighted by Crippen LogP contribution is 2.37. The largest absolute Gasteiger partial charge is 0.444 e. The molecule has 162 valence electrons. The molecule has 7 nitrogen and oxygen atoms in total. The maximum absolute atomic E-state index is 13.6. The number of sulfonamides is 1. The number of ether oxygens (including phenoxy) is 1.